The summed E-state index contributed by atoms with van der Waals surface area (Å²) in [6.45, 7) is 7.84. The highest BCUT2D eigenvalue weighted by molar-refractivity contribution is 5.95. The van der Waals surface area contributed by atoms with E-state index in [2.05, 4.69) is 24.5 Å². The van der Waals surface area contributed by atoms with Crippen molar-refractivity contribution in [3.8, 4) is 0 Å². The SMILES string of the molecule is CC(=O)c1cccc(NCC(=O)NC(C)C(C)C)c1. The van der Waals surface area contributed by atoms with Crippen LogP contribution in [0.1, 0.15) is 38.1 Å². The summed E-state index contributed by atoms with van der Waals surface area (Å²) < 4.78 is 0. The summed E-state index contributed by atoms with van der Waals surface area (Å²) >= 11 is 0. The Bertz CT molecular complexity index is 455. The van der Waals surface area contributed by atoms with Gasteiger partial charge in [0.2, 0.25) is 5.91 Å². The lowest BCUT2D eigenvalue weighted by Crippen LogP contribution is -2.39. The summed E-state index contributed by atoms with van der Waals surface area (Å²) in [5.74, 6) is 0.376. The Balaban J connectivity index is 2.50. The molecule has 0 aromatic heterocycles. The van der Waals surface area contributed by atoms with Crippen LogP contribution < -0.4 is 10.6 Å². The minimum absolute atomic E-state index is 0.0153. The number of hydrogen-bond donors (Lipinski definition) is 2. The van der Waals surface area contributed by atoms with E-state index in [-0.39, 0.29) is 24.3 Å². The number of hydrogen-bond acceptors (Lipinski definition) is 3. The first-order chi connectivity index (χ1) is 8.90. The van der Waals surface area contributed by atoms with Gasteiger partial charge in [-0.25, -0.2) is 0 Å². The van der Waals surface area contributed by atoms with Gasteiger partial charge in [-0.15, -0.1) is 0 Å². The molecule has 0 aliphatic carbocycles. The number of anilines is 1. The number of carbonyl (C=O) groups is 2. The first-order valence-corrected chi connectivity index (χ1v) is 6.54. The van der Waals surface area contributed by atoms with Gasteiger partial charge in [-0.1, -0.05) is 26.0 Å². The van der Waals surface area contributed by atoms with Gasteiger partial charge in [0.15, 0.2) is 5.78 Å². The highest BCUT2D eigenvalue weighted by Gasteiger charge is 2.10. The van der Waals surface area contributed by atoms with E-state index in [0.29, 0.717) is 11.5 Å². The van der Waals surface area contributed by atoms with Crippen LogP contribution in [0.5, 0.6) is 0 Å². The van der Waals surface area contributed by atoms with E-state index in [9.17, 15) is 9.59 Å². The van der Waals surface area contributed by atoms with Gasteiger partial charge in [0, 0.05) is 17.3 Å². The number of carbonyl (C=O) groups excluding carboxylic acids is 2. The lowest BCUT2D eigenvalue weighted by atomic mass is 10.1. The van der Waals surface area contributed by atoms with Gasteiger partial charge in [0.1, 0.15) is 0 Å². The van der Waals surface area contributed by atoms with E-state index in [1.807, 2.05) is 13.0 Å². The number of amides is 1. The van der Waals surface area contributed by atoms with Crippen LogP contribution >= 0.6 is 0 Å². The predicted molar refractivity (Wildman–Crippen MR) is 77.4 cm³/mol. The van der Waals surface area contributed by atoms with Crippen LogP contribution in [0.3, 0.4) is 0 Å². The van der Waals surface area contributed by atoms with Gasteiger partial charge in [0.25, 0.3) is 0 Å². The van der Waals surface area contributed by atoms with E-state index in [1.165, 1.54) is 6.92 Å². The lowest BCUT2D eigenvalue weighted by molar-refractivity contribution is -0.120. The highest BCUT2D eigenvalue weighted by Crippen LogP contribution is 2.10. The smallest absolute Gasteiger partial charge is 0.239 e. The molecule has 104 valence electrons. The molecule has 1 aromatic carbocycles. The molecule has 4 nitrogen and oxygen atoms in total. The van der Waals surface area contributed by atoms with E-state index >= 15 is 0 Å². The maximum Gasteiger partial charge on any atom is 0.239 e. The average Bonchev–Trinajstić information content (AvgIpc) is 2.36. The van der Waals surface area contributed by atoms with Crippen LogP contribution in [0.25, 0.3) is 0 Å². The zero-order valence-corrected chi connectivity index (χ0v) is 12.0. The Labute approximate surface area is 114 Å². The average molecular weight is 262 g/mol. The largest absolute Gasteiger partial charge is 0.376 e. The van der Waals surface area contributed by atoms with Crippen molar-refractivity contribution in [3.05, 3.63) is 29.8 Å². The van der Waals surface area contributed by atoms with Gasteiger partial charge in [0.05, 0.1) is 6.54 Å². The second-order valence-electron chi connectivity index (χ2n) is 5.09. The third-order valence-corrected chi connectivity index (χ3v) is 3.11. The molecule has 19 heavy (non-hydrogen) atoms. The Morgan fingerprint density at radius 1 is 1.21 bits per heavy atom. The molecule has 2 N–H and O–H groups in total. The molecule has 0 spiro atoms. The highest BCUT2D eigenvalue weighted by atomic mass is 16.2. The molecule has 0 radical (unpaired) electrons. The molecule has 0 heterocycles. The Kier molecular flexibility index (Phi) is 5.55. The van der Waals surface area contributed by atoms with Crippen molar-refractivity contribution < 1.29 is 9.59 Å². The maximum atomic E-state index is 11.7. The van der Waals surface area contributed by atoms with Crippen molar-refractivity contribution in [2.75, 3.05) is 11.9 Å². The van der Waals surface area contributed by atoms with Gasteiger partial charge in [-0.05, 0) is 31.9 Å². The molecule has 1 rings (SSSR count). The number of benzene rings is 1. The Morgan fingerprint density at radius 2 is 1.89 bits per heavy atom. The molecule has 1 unspecified atom stereocenters. The summed E-state index contributed by atoms with van der Waals surface area (Å²) in [4.78, 5) is 23.0. The fourth-order valence-corrected chi connectivity index (χ4v) is 1.50. The van der Waals surface area contributed by atoms with Crippen molar-refractivity contribution in [1.82, 2.24) is 5.32 Å². The normalized spacial score (nSPS) is 12.1. The van der Waals surface area contributed by atoms with Crippen molar-refractivity contribution >= 4 is 17.4 Å². The third kappa shape index (κ3) is 5.12. The molecule has 1 aromatic rings. The molecule has 4 heteroatoms. The Morgan fingerprint density at radius 3 is 2.47 bits per heavy atom. The summed E-state index contributed by atoms with van der Waals surface area (Å²) in [5.41, 5.74) is 1.42. The maximum absolute atomic E-state index is 11.7. The van der Waals surface area contributed by atoms with Crippen LogP contribution in [0, 0.1) is 5.92 Å². The molecule has 1 atom stereocenters. The predicted octanol–water partition coefficient (Wildman–Crippen LogP) is 2.46. The van der Waals surface area contributed by atoms with Gasteiger partial charge in [-0.2, -0.15) is 0 Å². The minimum Gasteiger partial charge on any atom is -0.376 e. The van der Waals surface area contributed by atoms with Gasteiger partial charge in [-0.3, -0.25) is 9.59 Å². The third-order valence-electron chi connectivity index (χ3n) is 3.11. The van der Waals surface area contributed by atoms with Crippen molar-refractivity contribution in [2.24, 2.45) is 5.92 Å². The second kappa shape index (κ2) is 6.92. The number of rotatable bonds is 6. The monoisotopic (exact) mass is 262 g/mol. The van der Waals surface area contributed by atoms with Gasteiger partial charge >= 0.3 is 0 Å². The quantitative estimate of drug-likeness (QED) is 0.774. The van der Waals surface area contributed by atoms with Crippen molar-refractivity contribution in [1.29, 1.82) is 0 Å². The molecular weight excluding hydrogens is 240 g/mol. The number of Topliss-reactive ketones (excluding diaryl/α,β-unsaturated/α-hetero) is 1. The second-order valence-corrected chi connectivity index (χ2v) is 5.09. The molecule has 0 bridgehead atoms. The minimum atomic E-state index is -0.0468. The van der Waals surface area contributed by atoms with E-state index in [0.717, 1.165) is 5.69 Å². The van der Waals surface area contributed by atoms with Gasteiger partial charge < -0.3 is 10.6 Å². The first-order valence-electron chi connectivity index (χ1n) is 6.54. The van der Waals surface area contributed by atoms with Crippen LogP contribution in [0.4, 0.5) is 5.69 Å². The summed E-state index contributed by atoms with van der Waals surface area (Å²) in [6.07, 6.45) is 0. The lowest BCUT2D eigenvalue weighted by Gasteiger charge is -2.17. The van der Waals surface area contributed by atoms with Crippen molar-refractivity contribution in [2.45, 2.75) is 33.7 Å². The van der Waals surface area contributed by atoms with Crippen LogP contribution in [-0.4, -0.2) is 24.3 Å². The fourth-order valence-electron chi connectivity index (χ4n) is 1.50. The van der Waals surface area contributed by atoms with E-state index < -0.39 is 0 Å². The fraction of sp³-hybridized carbons (Fsp3) is 0.467. The summed E-state index contributed by atoms with van der Waals surface area (Å²) in [5, 5.41) is 5.94. The summed E-state index contributed by atoms with van der Waals surface area (Å²) in [7, 11) is 0. The van der Waals surface area contributed by atoms with Crippen molar-refractivity contribution in [3.63, 3.8) is 0 Å². The zero-order chi connectivity index (χ0) is 14.4. The molecule has 0 saturated heterocycles. The molecule has 0 saturated carbocycles. The Hall–Kier alpha value is -1.84. The number of ketones is 1. The van der Waals surface area contributed by atoms with Crippen LogP contribution in [-0.2, 0) is 4.79 Å². The van der Waals surface area contributed by atoms with Crippen LogP contribution in [0.2, 0.25) is 0 Å². The van der Waals surface area contributed by atoms with Crippen LogP contribution in [0.15, 0.2) is 24.3 Å². The standard InChI is InChI=1S/C15H22N2O2/c1-10(2)11(3)17-15(19)9-16-14-7-5-6-13(8-14)12(4)18/h5-8,10-11,16H,9H2,1-4H3,(H,17,19). The van der Waals surface area contributed by atoms with E-state index in [1.54, 1.807) is 18.2 Å². The van der Waals surface area contributed by atoms with E-state index in [4.69, 9.17) is 0 Å². The first kappa shape index (κ1) is 15.2. The molecule has 0 fully saturated rings. The topological polar surface area (TPSA) is 58.2 Å². The molecule has 0 aliphatic rings. The zero-order valence-electron chi connectivity index (χ0n) is 12.0. The molecular formula is C15H22N2O2. The number of nitrogens with one attached hydrogen (secondary N) is 2. The molecule has 0 aliphatic heterocycles. The molecule has 1 amide bonds. The summed E-state index contributed by atoms with van der Waals surface area (Å²) in [6, 6.07) is 7.30.